The summed E-state index contributed by atoms with van der Waals surface area (Å²) in [6.07, 6.45) is 4.26. The van der Waals surface area contributed by atoms with Crippen molar-refractivity contribution in [1.29, 1.82) is 0 Å². The van der Waals surface area contributed by atoms with E-state index in [0.29, 0.717) is 11.5 Å². The Hall–Kier alpha value is -0.810. The summed E-state index contributed by atoms with van der Waals surface area (Å²) >= 11 is 0. The van der Waals surface area contributed by atoms with E-state index in [0.717, 1.165) is 38.8 Å². The fourth-order valence-corrected chi connectivity index (χ4v) is 3.00. The van der Waals surface area contributed by atoms with Crippen LogP contribution in [0, 0.1) is 5.41 Å². The molecule has 1 amide bonds. The highest BCUT2D eigenvalue weighted by atomic mass is 16.6. The molecule has 0 unspecified atom stereocenters. The molecule has 1 saturated carbocycles. The van der Waals surface area contributed by atoms with Crippen LogP contribution in [-0.4, -0.2) is 35.7 Å². The quantitative estimate of drug-likeness (QED) is 0.552. The zero-order valence-corrected chi connectivity index (χ0v) is 11.7. The number of amides is 1. The number of piperidine rings is 1. The van der Waals surface area contributed by atoms with Gasteiger partial charge in [0, 0.05) is 19.1 Å². The molecule has 0 aromatic rings. The first kappa shape index (κ1) is 13.6. The average Bonchev–Trinajstić information content (AvgIpc) is 2.23. The van der Waals surface area contributed by atoms with Crippen molar-refractivity contribution in [2.75, 3.05) is 13.1 Å². The maximum Gasteiger partial charge on any atom is 0.410 e. The molecule has 1 aliphatic carbocycles. The molecule has 2 aliphatic rings. The van der Waals surface area contributed by atoms with Crippen molar-refractivity contribution >= 4 is 6.09 Å². The first-order valence-electron chi connectivity index (χ1n) is 6.78. The third-order valence-electron chi connectivity index (χ3n) is 4.07. The molecule has 5 heteroatoms. The van der Waals surface area contributed by atoms with Gasteiger partial charge in [0.15, 0.2) is 0 Å². The van der Waals surface area contributed by atoms with Crippen LogP contribution in [0.25, 0.3) is 0 Å². The summed E-state index contributed by atoms with van der Waals surface area (Å²) in [6, 6.07) is 0.470. The molecule has 104 valence electrons. The van der Waals surface area contributed by atoms with Crippen LogP contribution in [-0.2, 0) is 4.74 Å². The lowest BCUT2D eigenvalue weighted by molar-refractivity contribution is -0.0161. The van der Waals surface area contributed by atoms with Gasteiger partial charge in [0.2, 0.25) is 0 Å². The monoisotopic (exact) mass is 255 g/mol. The van der Waals surface area contributed by atoms with Gasteiger partial charge in [0.05, 0.1) is 0 Å². The van der Waals surface area contributed by atoms with Crippen molar-refractivity contribution in [1.82, 2.24) is 10.3 Å². The minimum Gasteiger partial charge on any atom is -0.444 e. The second kappa shape index (κ2) is 4.70. The van der Waals surface area contributed by atoms with E-state index in [2.05, 4.69) is 5.43 Å². The van der Waals surface area contributed by atoms with E-state index in [1.165, 1.54) is 0 Å². The molecule has 18 heavy (non-hydrogen) atoms. The van der Waals surface area contributed by atoms with Crippen LogP contribution < -0.4 is 11.3 Å². The Morgan fingerprint density at radius 2 is 1.89 bits per heavy atom. The van der Waals surface area contributed by atoms with Crippen LogP contribution in [0.5, 0.6) is 0 Å². The second-order valence-electron chi connectivity index (χ2n) is 6.74. The number of carbonyl (C=O) groups is 1. The van der Waals surface area contributed by atoms with Gasteiger partial charge in [0.1, 0.15) is 5.60 Å². The molecule has 2 fully saturated rings. The lowest BCUT2D eigenvalue weighted by atomic mass is 9.60. The molecule has 1 spiro atoms. The molecule has 5 nitrogen and oxygen atoms in total. The van der Waals surface area contributed by atoms with Crippen LogP contribution in [0.1, 0.15) is 46.5 Å². The molecule has 0 radical (unpaired) electrons. The Morgan fingerprint density at radius 1 is 1.33 bits per heavy atom. The van der Waals surface area contributed by atoms with E-state index >= 15 is 0 Å². The van der Waals surface area contributed by atoms with Gasteiger partial charge < -0.3 is 9.64 Å². The molecular weight excluding hydrogens is 230 g/mol. The number of hydrazine groups is 1. The fourth-order valence-electron chi connectivity index (χ4n) is 3.00. The summed E-state index contributed by atoms with van der Waals surface area (Å²) in [6.45, 7) is 7.33. The third kappa shape index (κ3) is 2.95. The van der Waals surface area contributed by atoms with Crippen molar-refractivity contribution in [3.05, 3.63) is 0 Å². The summed E-state index contributed by atoms with van der Waals surface area (Å²) in [5.41, 5.74) is 2.85. The van der Waals surface area contributed by atoms with E-state index in [-0.39, 0.29) is 6.09 Å². The Labute approximate surface area is 109 Å². The maximum absolute atomic E-state index is 11.9. The van der Waals surface area contributed by atoms with Crippen LogP contribution in [0.2, 0.25) is 0 Å². The normalized spacial score (nSPS) is 23.9. The van der Waals surface area contributed by atoms with Crippen LogP contribution in [0.3, 0.4) is 0 Å². The number of likely N-dealkylation sites (tertiary alicyclic amines) is 1. The topological polar surface area (TPSA) is 67.6 Å². The Morgan fingerprint density at radius 3 is 2.33 bits per heavy atom. The second-order valence-corrected chi connectivity index (χ2v) is 6.74. The largest absolute Gasteiger partial charge is 0.444 e. The molecule has 0 aromatic carbocycles. The molecule has 1 heterocycles. The van der Waals surface area contributed by atoms with Crippen molar-refractivity contribution < 1.29 is 9.53 Å². The molecule has 0 bridgehead atoms. The zero-order valence-electron chi connectivity index (χ0n) is 11.7. The summed E-state index contributed by atoms with van der Waals surface area (Å²) in [7, 11) is 0. The lowest BCUT2D eigenvalue weighted by Crippen LogP contribution is -2.56. The molecule has 0 atom stereocenters. The number of hydrogen-bond acceptors (Lipinski definition) is 4. The number of nitrogens with one attached hydrogen (secondary N) is 1. The highest BCUT2D eigenvalue weighted by molar-refractivity contribution is 5.68. The van der Waals surface area contributed by atoms with Crippen molar-refractivity contribution in [3.8, 4) is 0 Å². The molecule has 1 saturated heterocycles. The number of carbonyl (C=O) groups excluding carboxylic acids is 1. The average molecular weight is 255 g/mol. The van der Waals surface area contributed by atoms with Crippen molar-refractivity contribution in [2.24, 2.45) is 11.3 Å². The third-order valence-corrected chi connectivity index (χ3v) is 4.07. The van der Waals surface area contributed by atoms with Gasteiger partial charge in [-0.3, -0.25) is 11.3 Å². The molecule has 0 aromatic heterocycles. The van der Waals surface area contributed by atoms with Crippen molar-refractivity contribution in [2.45, 2.75) is 58.1 Å². The van der Waals surface area contributed by atoms with Gasteiger partial charge >= 0.3 is 6.09 Å². The fraction of sp³-hybridized carbons (Fsp3) is 0.923. The van der Waals surface area contributed by atoms with Gasteiger partial charge in [-0.15, -0.1) is 0 Å². The molecular formula is C13H25N3O2. The Kier molecular flexibility index (Phi) is 3.56. The van der Waals surface area contributed by atoms with E-state index < -0.39 is 5.60 Å². The number of nitrogens with zero attached hydrogens (tertiary/aromatic N) is 1. The molecule has 2 rings (SSSR count). The first-order chi connectivity index (χ1) is 8.34. The summed E-state index contributed by atoms with van der Waals surface area (Å²) < 4.78 is 5.39. The molecule has 1 aliphatic heterocycles. The zero-order chi connectivity index (χ0) is 13.4. The van der Waals surface area contributed by atoms with E-state index in [9.17, 15) is 4.79 Å². The molecule has 3 N–H and O–H groups in total. The van der Waals surface area contributed by atoms with Gasteiger partial charge in [-0.05, 0) is 51.9 Å². The summed E-state index contributed by atoms with van der Waals surface area (Å²) in [5.74, 6) is 5.43. The minimum atomic E-state index is -0.406. The van der Waals surface area contributed by atoms with Crippen LogP contribution in [0.15, 0.2) is 0 Å². The maximum atomic E-state index is 11.9. The highest BCUT2D eigenvalue weighted by Crippen LogP contribution is 2.48. The minimum absolute atomic E-state index is 0.176. The predicted octanol–water partition coefficient (Wildman–Crippen LogP) is 1.63. The Bertz CT molecular complexity index is 309. The van der Waals surface area contributed by atoms with E-state index in [4.69, 9.17) is 10.6 Å². The Balaban J connectivity index is 1.79. The van der Waals surface area contributed by atoms with Gasteiger partial charge in [-0.25, -0.2) is 4.79 Å². The van der Waals surface area contributed by atoms with E-state index in [1.807, 2.05) is 25.7 Å². The highest BCUT2D eigenvalue weighted by Gasteiger charge is 2.46. The van der Waals surface area contributed by atoms with Gasteiger partial charge in [-0.2, -0.15) is 0 Å². The predicted molar refractivity (Wildman–Crippen MR) is 69.8 cm³/mol. The summed E-state index contributed by atoms with van der Waals surface area (Å²) in [5, 5.41) is 0. The number of ether oxygens (including phenoxy) is 1. The number of rotatable bonds is 1. The lowest BCUT2D eigenvalue weighted by Gasteiger charge is -2.51. The number of hydrogen-bond donors (Lipinski definition) is 2. The van der Waals surface area contributed by atoms with Gasteiger partial charge in [0.25, 0.3) is 0 Å². The number of nitrogens with two attached hydrogens (primary N) is 1. The van der Waals surface area contributed by atoms with Crippen LogP contribution >= 0.6 is 0 Å². The van der Waals surface area contributed by atoms with Crippen LogP contribution in [0.4, 0.5) is 4.79 Å². The van der Waals surface area contributed by atoms with E-state index in [1.54, 1.807) is 0 Å². The smallest absolute Gasteiger partial charge is 0.410 e. The standard InChI is InChI=1S/C13H25N3O2/c1-12(2,3)18-11(17)16-6-4-13(5-7-16)8-10(9-13)15-14/h10,15H,4-9,14H2,1-3H3. The van der Waals surface area contributed by atoms with Gasteiger partial charge in [-0.1, -0.05) is 0 Å². The SMILES string of the molecule is CC(C)(C)OC(=O)N1CCC2(CC1)CC(NN)C2. The summed E-state index contributed by atoms with van der Waals surface area (Å²) in [4.78, 5) is 13.8. The first-order valence-corrected chi connectivity index (χ1v) is 6.78. The van der Waals surface area contributed by atoms with Crippen molar-refractivity contribution in [3.63, 3.8) is 0 Å².